The first kappa shape index (κ1) is 15.5. The molecule has 3 atom stereocenters. The number of H-pyrrole nitrogens is 1. The Kier molecular flexibility index (Phi) is 3.77. The van der Waals surface area contributed by atoms with Crippen LogP contribution in [0.1, 0.15) is 36.3 Å². The highest BCUT2D eigenvalue weighted by Gasteiger charge is 2.53. The Labute approximate surface area is 140 Å². The van der Waals surface area contributed by atoms with Gasteiger partial charge < -0.3 is 19.4 Å². The number of nitrogens with zero attached hydrogens (tertiary/aromatic N) is 3. The molecule has 1 N–H and O–H groups in total. The summed E-state index contributed by atoms with van der Waals surface area (Å²) in [6.45, 7) is 0.679. The summed E-state index contributed by atoms with van der Waals surface area (Å²) >= 11 is 0. The maximum Gasteiger partial charge on any atom is 0.290 e. The third-order valence-corrected chi connectivity index (χ3v) is 5.60. The zero-order chi connectivity index (χ0) is 16.7. The predicted molar refractivity (Wildman–Crippen MR) is 87.7 cm³/mol. The predicted octanol–water partition coefficient (Wildman–Crippen LogP) is 1.76. The van der Waals surface area contributed by atoms with Crippen LogP contribution in [0.2, 0.25) is 0 Å². The monoisotopic (exact) mass is 330 g/mol. The highest BCUT2D eigenvalue weighted by Crippen LogP contribution is 2.43. The number of aromatic amines is 1. The average Bonchev–Trinajstić information content (AvgIpc) is 3.22. The number of amides is 1. The summed E-state index contributed by atoms with van der Waals surface area (Å²) in [6.07, 6.45) is 5.39. The van der Waals surface area contributed by atoms with Crippen molar-refractivity contribution in [2.24, 2.45) is 0 Å². The summed E-state index contributed by atoms with van der Waals surface area (Å²) in [5, 5.41) is 0. The van der Waals surface area contributed by atoms with Crippen LogP contribution in [0.25, 0.3) is 11.2 Å². The largest absolute Gasteiger partial charge is 0.381 e. The van der Waals surface area contributed by atoms with E-state index in [1.165, 1.54) is 0 Å². The molecule has 2 aromatic rings. The first-order chi connectivity index (χ1) is 11.7. The molecule has 2 aromatic heterocycles. The van der Waals surface area contributed by atoms with Gasteiger partial charge in [-0.1, -0.05) is 0 Å². The van der Waals surface area contributed by atoms with Crippen LogP contribution in [0.15, 0.2) is 18.3 Å². The van der Waals surface area contributed by atoms with Gasteiger partial charge in [-0.05, 0) is 37.8 Å². The molecule has 1 aliphatic carbocycles. The number of likely N-dealkylation sites (tertiary alicyclic amines) is 1. The standard InChI is InChI=1S/C17H22N4O3/c1-23-11-5-6-17(24-2)7-9-21(13(17)10-11)16(22)15-19-12-4-3-8-18-14(12)20-15/h3-4,8,11,13H,5-7,9-10H2,1-2H3,(H,18,19,20)/t11-,13+,17-/m1/s1. The van der Waals surface area contributed by atoms with E-state index >= 15 is 0 Å². The number of ether oxygens (including phenoxy) is 2. The molecule has 7 nitrogen and oxygen atoms in total. The molecule has 1 amide bonds. The van der Waals surface area contributed by atoms with Crippen molar-refractivity contribution in [1.29, 1.82) is 0 Å². The van der Waals surface area contributed by atoms with E-state index in [0.717, 1.165) is 31.2 Å². The number of pyridine rings is 1. The quantitative estimate of drug-likeness (QED) is 0.927. The highest BCUT2D eigenvalue weighted by molar-refractivity contribution is 5.94. The van der Waals surface area contributed by atoms with Crippen molar-refractivity contribution in [1.82, 2.24) is 19.9 Å². The van der Waals surface area contributed by atoms with E-state index in [1.807, 2.05) is 17.0 Å². The molecule has 2 aliphatic rings. The molecule has 0 bridgehead atoms. The molecule has 7 heteroatoms. The van der Waals surface area contributed by atoms with Gasteiger partial charge in [0.1, 0.15) is 0 Å². The van der Waals surface area contributed by atoms with Gasteiger partial charge in [0.2, 0.25) is 0 Å². The molecule has 0 spiro atoms. The van der Waals surface area contributed by atoms with Crippen LogP contribution >= 0.6 is 0 Å². The second-order valence-electron chi connectivity index (χ2n) is 6.63. The Morgan fingerprint density at radius 3 is 3.04 bits per heavy atom. The molecule has 0 radical (unpaired) electrons. The summed E-state index contributed by atoms with van der Waals surface area (Å²) in [6, 6.07) is 3.72. The van der Waals surface area contributed by atoms with Crippen molar-refractivity contribution in [2.75, 3.05) is 20.8 Å². The smallest absolute Gasteiger partial charge is 0.290 e. The topological polar surface area (TPSA) is 80.3 Å². The van der Waals surface area contributed by atoms with Crippen LogP contribution in [0, 0.1) is 0 Å². The molecule has 4 rings (SSSR count). The Morgan fingerprint density at radius 2 is 2.29 bits per heavy atom. The number of rotatable bonds is 3. The molecule has 3 heterocycles. The summed E-state index contributed by atoms with van der Waals surface area (Å²) in [7, 11) is 3.48. The van der Waals surface area contributed by atoms with Gasteiger partial charge in [-0.2, -0.15) is 0 Å². The van der Waals surface area contributed by atoms with Crippen molar-refractivity contribution in [3.8, 4) is 0 Å². The number of imidazole rings is 1. The van der Waals surface area contributed by atoms with Gasteiger partial charge in [0.25, 0.3) is 5.91 Å². The minimum absolute atomic E-state index is 0.0230. The van der Waals surface area contributed by atoms with E-state index in [2.05, 4.69) is 15.0 Å². The molecule has 1 aliphatic heterocycles. The molecule has 0 unspecified atom stereocenters. The molecular formula is C17H22N4O3. The number of hydrogen-bond donors (Lipinski definition) is 1. The van der Waals surface area contributed by atoms with Crippen molar-refractivity contribution in [3.05, 3.63) is 24.2 Å². The van der Waals surface area contributed by atoms with Crippen molar-refractivity contribution in [2.45, 2.75) is 43.4 Å². The van der Waals surface area contributed by atoms with Gasteiger partial charge in [-0.3, -0.25) is 4.79 Å². The minimum atomic E-state index is -0.255. The van der Waals surface area contributed by atoms with E-state index in [9.17, 15) is 4.79 Å². The number of methoxy groups -OCH3 is 2. The molecule has 24 heavy (non-hydrogen) atoms. The van der Waals surface area contributed by atoms with Gasteiger partial charge in [0.15, 0.2) is 11.5 Å². The van der Waals surface area contributed by atoms with Gasteiger partial charge in [-0.15, -0.1) is 0 Å². The summed E-state index contributed by atoms with van der Waals surface area (Å²) < 4.78 is 11.4. The zero-order valence-electron chi connectivity index (χ0n) is 14.0. The fourth-order valence-corrected chi connectivity index (χ4v) is 4.20. The first-order valence-electron chi connectivity index (χ1n) is 8.36. The molecular weight excluding hydrogens is 308 g/mol. The highest BCUT2D eigenvalue weighted by atomic mass is 16.5. The van der Waals surface area contributed by atoms with Gasteiger partial charge >= 0.3 is 0 Å². The van der Waals surface area contributed by atoms with E-state index in [0.29, 0.717) is 18.0 Å². The number of aromatic nitrogens is 3. The van der Waals surface area contributed by atoms with Gasteiger partial charge in [0.05, 0.1) is 23.3 Å². The maximum absolute atomic E-state index is 13.0. The lowest BCUT2D eigenvalue weighted by Crippen LogP contribution is -2.53. The Morgan fingerprint density at radius 1 is 1.42 bits per heavy atom. The van der Waals surface area contributed by atoms with E-state index in [1.54, 1.807) is 20.4 Å². The normalized spacial score (nSPS) is 29.8. The van der Waals surface area contributed by atoms with Crippen molar-refractivity contribution in [3.63, 3.8) is 0 Å². The number of carbonyl (C=O) groups excluding carboxylic acids is 1. The fourth-order valence-electron chi connectivity index (χ4n) is 4.20. The summed E-state index contributed by atoms with van der Waals surface area (Å²) in [5.41, 5.74) is 1.09. The lowest BCUT2D eigenvalue weighted by Gasteiger charge is -2.43. The van der Waals surface area contributed by atoms with E-state index < -0.39 is 0 Å². The molecule has 0 aromatic carbocycles. The van der Waals surface area contributed by atoms with Gasteiger partial charge in [-0.25, -0.2) is 9.97 Å². The van der Waals surface area contributed by atoms with E-state index in [-0.39, 0.29) is 23.7 Å². The Balaban J connectivity index is 1.64. The SMILES string of the molecule is CO[C@@H]1CC[C@@]2(OC)CCN(C(=O)c3nc4ncccc4[nH]3)[C@H]2C1. The number of nitrogens with one attached hydrogen (secondary N) is 1. The number of hydrogen-bond acceptors (Lipinski definition) is 5. The second kappa shape index (κ2) is 5.82. The number of carbonyl (C=O) groups is 1. The summed E-state index contributed by atoms with van der Waals surface area (Å²) in [4.78, 5) is 26.6. The lowest BCUT2D eigenvalue weighted by molar-refractivity contribution is -0.0894. The van der Waals surface area contributed by atoms with Crippen molar-refractivity contribution < 1.29 is 14.3 Å². The van der Waals surface area contributed by atoms with Crippen LogP contribution in [-0.4, -0.2) is 64.3 Å². The third-order valence-electron chi connectivity index (χ3n) is 5.60. The van der Waals surface area contributed by atoms with Crippen molar-refractivity contribution >= 4 is 17.1 Å². The zero-order valence-corrected chi connectivity index (χ0v) is 14.0. The molecule has 1 saturated carbocycles. The van der Waals surface area contributed by atoms with Crippen LogP contribution in [0.4, 0.5) is 0 Å². The van der Waals surface area contributed by atoms with Crippen LogP contribution in [-0.2, 0) is 9.47 Å². The van der Waals surface area contributed by atoms with Crippen LogP contribution in [0.5, 0.6) is 0 Å². The average molecular weight is 330 g/mol. The Bertz CT molecular complexity index is 728. The van der Waals surface area contributed by atoms with E-state index in [4.69, 9.17) is 9.47 Å². The second-order valence-corrected chi connectivity index (χ2v) is 6.63. The molecule has 128 valence electrons. The Hall–Kier alpha value is -1.99. The van der Waals surface area contributed by atoms with Crippen LogP contribution in [0.3, 0.4) is 0 Å². The van der Waals surface area contributed by atoms with Crippen LogP contribution < -0.4 is 0 Å². The maximum atomic E-state index is 13.0. The van der Waals surface area contributed by atoms with Gasteiger partial charge in [0, 0.05) is 27.0 Å². The minimum Gasteiger partial charge on any atom is -0.381 e. The summed E-state index contributed by atoms with van der Waals surface area (Å²) in [5.74, 6) is 0.254. The first-order valence-corrected chi connectivity index (χ1v) is 8.36. The lowest BCUT2D eigenvalue weighted by atomic mass is 9.79. The fraction of sp³-hybridized carbons (Fsp3) is 0.588. The molecule has 1 saturated heterocycles. The number of fused-ring (bicyclic) bond motifs is 2. The third kappa shape index (κ3) is 2.31. The molecule has 2 fully saturated rings.